The zero-order chi connectivity index (χ0) is 58.9. The average Bonchev–Trinajstić information content (AvgIpc) is 3.53. The maximum absolute atomic E-state index is 13.2. The van der Waals surface area contributed by atoms with Gasteiger partial charge in [0.05, 0.1) is 6.61 Å². The molecule has 464 valence electrons. The van der Waals surface area contributed by atoms with Gasteiger partial charge in [-0.1, -0.05) is 221 Å². The lowest BCUT2D eigenvalue weighted by Gasteiger charge is -2.40. The Bertz CT molecular complexity index is 1730. The minimum atomic E-state index is -1.91. The number of aliphatic hydroxyl groups is 2. The van der Waals surface area contributed by atoms with Crippen molar-refractivity contribution in [1.29, 1.82) is 0 Å². The zero-order valence-electron chi connectivity index (χ0n) is 51.3. The number of esters is 3. The number of carboxylic acid groups (broad SMARTS) is 1. The van der Waals surface area contributed by atoms with Gasteiger partial charge in [-0.25, -0.2) is 4.79 Å². The van der Waals surface area contributed by atoms with Crippen LogP contribution in [0.15, 0.2) is 85.1 Å². The number of carbonyl (C=O) groups is 4. The molecule has 0 aromatic heterocycles. The summed E-state index contributed by atoms with van der Waals surface area (Å²) in [5, 5.41) is 31.6. The molecule has 81 heavy (non-hydrogen) atoms. The Kier molecular flexibility index (Phi) is 52.1. The minimum absolute atomic E-state index is 0.0461. The van der Waals surface area contributed by atoms with E-state index in [1.54, 1.807) is 0 Å². The number of unbranched alkanes of at least 4 members (excludes halogenated alkanes) is 27. The molecule has 12 nitrogen and oxygen atoms in total. The molecule has 1 fully saturated rings. The molecule has 12 heteroatoms. The Hall–Kier alpha value is -4.10. The van der Waals surface area contributed by atoms with Crippen molar-refractivity contribution in [3.05, 3.63) is 85.1 Å². The number of hydrogen-bond acceptors (Lipinski definition) is 11. The van der Waals surface area contributed by atoms with Gasteiger partial charge in [0.15, 0.2) is 24.6 Å². The molecule has 0 aromatic carbocycles. The van der Waals surface area contributed by atoms with Gasteiger partial charge in [-0.15, -0.1) is 0 Å². The number of rotatable bonds is 55. The van der Waals surface area contributed by atoms with E-state index in [1.165, 1.54) is 64.2 Å². The molecule has 0 amide bonds. The van der Waals surface area contributed by atoms with Crippen LogP contribution in [0.2, 0.25) is 0 Å². The third-order valence-electron chi connectivity index (χ3n) is 14.4. The van der Waals surface area contributed by atoms with E-state index in [2.05, 4.69) is 106 Å². The van der Waals surface area contributed by atoms with Crippen molar-refractivity contribution in [3.63, 3.8) is 0 Å². The fraction of sp³-hybridized carbons (Fsp3) is 0.739. The van der Waals surface area contributed by atoms with E-state index in [0.29, 0.717) is 19.3 Å². The molecule has 0 aromatic rings. The lowest BCUT2D eigenvalue weighted by atomic mass is 9.98. The number of carboxylic acids is 1. The van der Waals surface area contributed by atoms with Gasteiger partial charge < -0.3 is 39.0 Å². The lowest BCUT2D eigenvalue weighted by Crippen LogP contribution is -2.61. The maximum Gasteiger partial charge on any atom is 0.335 e. The fourth-order valence-electron chi connectivity index (χ4n) is 9.38. The highest BCUT2D eigenvalue weighted by molar-refractivity contribution is 5.74. The second-order valence-electron chi connectivity index (χ2n) is 22.0. The van der Waals surface area contributed by atoms with Crippen molar-refractivity contribution < 1.29 is 58.2 Å². The van der Waals surface area contributed by atoms with Gasteiger partial charge in [0.1, 0.15) is 18.8 Å². The standard InChI is InChI=1S/C69H116O12/c1-4-7-10-13-16-19-22-25-28-30-31-33-35-37-40-43-46-49-52-55-61(70)77-58-60(79-62(71)56-53-50-47-44-41-38-34-27-24-21-18-15-12-9-6-3)59-78-69-67(65(74)64(73)66(81-69)68(75)76)80-63(72)57-54-51-48-45-42-39-36-32-29-26-23-20-17-14-11-8-5-2/h16-21,25-29,31,33-34,60,64-67,69,73-74H,4-15,22-24,30,32,35-59H2,1-3H3,(H,75,76)/b19-16-,20-17-,21-18-,28-25-,29-26-,33-31-,34-27-. The summed E-state index contributed by atoms with van der Waals surface area (Å²) >= 11 is 0. The van der Waals surface area contributed by atoms with Gasteiger partial charge >= 0.3 is 23.9 Å². The van der Waals surface area contributed by atoms with E-state index in [4.69, 9.17) is 23.7 Å². The van der Waals surface area contributed by atoms with Crippen molar-refractivity contribution in [2.24, 2.45) is 0 Å². The molecular formula is C69H116O12. The second-order valence-corrected chi connectivity index (χ2v) is 22.0. The van der Waals surface area contributed by atoms with E-state index in [1.807, 2.05) is 0 Å². The van der Waals surface area contributed by atoms with E-state index in [-0.39, 0.29) is 25.9 Å². The van der Waals surface area contributed by atoms with Crippen LogP contribution >= 0.6 is 0 Å². The van der Waals surface area contributed by atoms with Crippen LogP contribution < -0.4 is 0 Å². The van der Waals surface area contributed by atoms with Crippen molar-refractivity contribution in [2.75, 3.05) is 13.2 Å². The average molecular weight is 1140 g/mol. The molecule has 0 radical (unpaired) electrons. The van der Waals surface area contributed by atoms with Crippen LogP contribution in [0.5, 0.6) is 0 Å². The van der Waals surface area contributed by atoms with Crippen molar-refractivity contribution >= 4 is 23.9 Å². The van der Waals surface area contributed by atoms with Crippen molar-refractivity contribution in [1.82, 2.24) is 0 Å². The molecule has 1 saturated heterocycles. The zero-order valence-corrected chi connectivity index (χ0v) is 51.3. The number of aliphatic carboxylic acids is 1. The predicted octanol–water partition coefficient (Wildman–Crippen LogP) is 17.5. The molecule has 1 aliphatic rings. The Morgan fingerprint density at radius 2 is 0.741 bits per heavy atom. The van der Waals surface area contributed by atoms with Gasteiger partial charge in [-0.05, 0) is 122 Å². The number of hydrogen-bond donors (Lipinski definition) is 3. The minimum Gasteiger partial charge on any atom is -0.479 e. The van der Waals surface area contributed by atoms with Crippen LogP contribution in [0.1, 0.15) is 278 Å². The first-order valence-corrected chi connectivity index (χ1v) is 32.6. The first-order valence-electron chi connectivity index (χ1n) is 32.6. The Morgan fingerprint density at radius 1 is 0.407 bits per heavy atom. The number of ether oxygens (including phenoxy) is 5. The summed E-state index contributed by atoms with van der Waals surface area (Å²) in [5.74, 6) is -3.16. The molecule has 1 rings (SSSR count). The van der Waals surface area contributed by atoms with Crippen molar-refractivity contribution in [2.45, 2.75) is 314 Å². The molecular weight excluding hydrogens is 1020 g/mol. The van der Waals surface area contributed by atoms with Crippen LogP contribution in [0, 0.1) is 0 Å². The quantitative estimate of drug-likeness (QED) is 0.0228. The van der Waals surface area contributed by atoms with Gasteiger partial charge in [0.2, 0.25) is 0 Å². The summed E-state index contributed by atoms with van der Waals surface area (Å²) in [5.41, 5.74) is 0. The second kappa shape index (κ2) is 56.4. The molecule has 0 saturated carbocycles. The largest absolute Gasteiger partial charge is 0.479 e. The lowest BCUT2D eigenvalue weighted by molar-refractivity contribution is -0.301. The maximum atomic E-state index is 13.2. The Morgan fingerprint density at radius 3 is 1.12 bits per heavy atom. The molecule has 0 aliphatic carbocycles. The summed E-state index contributed by atoms with van der Waals surface area (Å²) in [6, 6.07) is 0. The highest BCUT2D eigenvalue weighted by Gasteiger charge is 2.50. The molecule has 1 heterocycles. The highest BCUT2D eigenvalue weighted by Crippen LogP contribution is 2.26. The van der Waals surface area contributed by atoms with Gasteiger partial charge in [-0.2, -0.15) is 0 Å². The van der Waals surface area contributed by atoms with Crippen LogP contribution in [0.25, 0.3) is 0 Å². The topological polar surface area (TPSA) is 175 Å². The molecule has 6 unspecified atom stereocenters. The van der Waals surface area contributed by atoms with Crippen LogP contribution in [-0.2, 0) is 42.9 Å². The predicted molar refractivity (Wildman–Crippen MR) is 331 cm³/mol. The molecule has 1 aliphatic heterocycles. The van der Waals surface area contributed by atoms with E-state index in [0.717, 1.165) is 154 Å². The van der Waals surface area contributed by atoms with E-state index in [9.17, 15) is 34.5 Å². The molecule has 0 bridgehead atoms. The summed E-state index contributed by atoms with van der Waals surface area (Å²) in [6.45, 7) is 5.91. The van der Waals surface area contributed by atoms with Gasteiger partial charge in [-0.3, -0.25) is 14.4 Å². The Balaban J connectivity index is 2.68. The van der Waals surface area contributed by atoms with Gasteiger partial charge in [0, 0.05) is 19.3 Å². The smallest absolute Gasteiger partial charge is 0.335 e. The van der Waals surface area contributed by atoms with E-state index < -0.39 is 67.3 Å². The molecule has 6 atom stereocenters. The highest BCUT2D eigenvalue weighted by atomic mass is 16.7. The number of allylic oxidation sites excluding steroid dienone is 14. The summed E-state index contributed by atoms with van der Waals surface area (Å²) in [6.07, 6.45) is 61.0. The van der Waals surface area contributed by atoms with Crippen LogP contribution in [0.4, 0.5) is 0 Å². The number of aliphatic hydroxyl groups excluding tert-OH is 2. The first-order chi connectivity index (χ1) is 39.6. The SMILES string of the molecule is CCCCC/C=C\C/C=C\C/C=C\CCCCCCCCC(=O)OCC(COC1OC(C(=O)O)C(O)C(O)C1OC(=O)CCCCCCCCC/C=C\C/C=C\CCCCC)OC(=O)CCCCCCC/C=C\C/C=C\CCCCC. The van der Waals surface area contributed by atoms with Crippen LogP contribution in [-0.4, -0.2) is 89.2 Å². The monoisotopic (exact) mass is 1140 g/mol. The third-order valence-corrected chi connectivity index (χ3v) is 14.4. The van der Waals surface area contributed by atoms with Crippen molar-refractivity contribution in [3.8, 4) is 0 Å². The summed E-state index contributed by atoms with van der Waals surface area (Å²) in [4.78, 5) is 51.3. The van der Waals surface area contributed by atoms with E-state index >= 15 is 0 Å². The number of carbonyl (C=O) groups excluding carboxylic acids is 3. The Labute approximate surface area is 492 Å². The third kappa shape index (κ3) is 46.0. The first kappa shape index (κ1) is 74.9. The normalized spacial score (nSPS) is 18.3. The van der Waals surface area contributed by atoms with Crippen LogP contribution in [0.3, 0.4) is 0 Å². The molecule has 0 spiro atoms. The van der Waals surface area contributed by atoms with Gasteiger partial charge in [0.25, 0.3) is 0 Å². The molecule has 3 N–H and O–H groups in total. The fourth-order valence-corrected chi connectivity index (χ4v) is 9.38. The summed E-state index contributed by atoms with van der Waals surface area (Å²) < 4.78 is 28.5. The summed E-state index contributed by atoms with van der Waals surface area (Å²) in [7, 11) is 0.